The molecule has 0 unspecified atom stereocenters. The van der Waals surface area contributed by atoms with E-state index in [1.807, 2.05) is 41.7 Å². The molecule has 0 aliphatic carbocycles. The van der Waals surface area contributed by atoms with Gasteiger partial charge < -0.3 is 4.42 Å². The van der Waals surface area contributed by atoms with Crippen LogP contribution in [0.1, 0.15) is 16.3 Å². The summed E-state index contributed by atoms with van der Waals surface area (Å²) in [4.78, 5) is 3.87. The smallest absolute Gasteiger partial charge is 0.247 e. The summed E-state index contributed by atoms with van der Waals surface area (Å²) in [6.45, 7) is 2.74. The first kappa shape index (κ1) is 12.7. The molecule has 3 aromatic rings. The summed E-state index contributed by atoms with van der Waals surface area (Å²) in [5, 5.41) is 10.5. The molecule has 0 saturated heterocycles. The monoisotopic (exact) mass is 297 g/mol. The normalized spacial score (nSPS) is 15.0. The maximum absolute atomic E-state index is 5.78. The molecule has 2 aromatic heterocycles. The molecule has 21 heavy (non-hydrogen) atoms. The minimum Gasteiger partial charge on any atom is -0.419 e. The summed E-state index contributed by atoms with van der Waals surface area (Å²) in [7, 11) is 0. The van der Waals surface area contributed by atoms with Crippen molar-refractivity contribution in [3.05, 3.63) is 58.1 Å². The Morgan fingerprint density at radius 2 is 2.05 bits per heavy atom. The molecule has 1 aromatic carbocycles. The molecule has 106 valence electrons. The Bertz CT molecular complexity index is 735. The van der Waals surface area contributed by atoms with Crippen LogP contribution in [0.5, 0.6) is 0 Å². The van der Waals surface area contributed by atoms with Gasteiger partial charge in [0.25, 0.3) is 0 Å². The van der Waals surface area contributed by atoms with Gasteiger partial charge in [-0.15, -0.1) is 21.5 Å². The van der Waals surface area contributed by atoms with E-state index >= 15 is 0 Å². The number of aromatic nitrogens is 2. The average molecular weight is 297 g/mol. The average Bonchev–Trinajstić information content (AvgIpc) is 3.17. The number of hydrogen-bond acceptors (Lipinski definition) is 5. The molecule has 3 heterocycles. The van der Waals surface area contributed by atoms with Crippen molar-refractivity contribution < 1.29 is 4.42 Å². The van der Waals surface area contributed by atoms with Gasteiger partial charge in [0.2, 0.25) is 11.8 Å². The molecular formula is C16H15N3OS. The molecule has 0 atom stereocenters. The van der Waals surface area contributed by atoms with Crippen LogP contribution in [0.15, 0.2) is 46.2 Å². The van der Waals surface area contributed by atoms with Crippen molar-refractivity contribution in [3.8, 4) is 11.5 Å². The lowest BCUT2D eigenvalue weighted by molar-refractivity contribution is 0.223. The lowest BCUT2D eigenvalue weighted by Crippen LogP contribution is -2.29. The van der Waals surface area contributed by atoms with E-state index in [4.69, 9.17) is 4.42 Å². The summed E-state index contributed by atoms with van der Waals surface area (Å²) >= 11 is 1.86. The van der Waals surface area contributed by atoms with E-state index in [0.717, 1.165) is 31.6 Å². The van der Waals surface area contributed by atoms with Crippen LogP contribution in [0.25, 0.3) is 11.5 Å². The lowest BCUT2D eigenvalue weighted by Gasteiger charge is -2.25. The summed E-state index contributed by atoms with van der Waals surface area (Å²) in [5.74, 6) is 1.28. The number of nitrogens with zero attached hydrogens (tertiary/aromatic N) is 3. The maximum Gasteiger partial charge on any atom is 0.247 e. The SMILES string of the molecule is c1ccc(-c2nnc(CN3CCc4sccc4C3)o2)cc1. The molecule has 0 N–H and O–H groups in total. The molecule has 5 heteroatoms. The van der Waals surface area contributed by atoms with E-state index in [1.165, 1.54) is 10.4 Å². The Morgan fingerprint density at radius 3 is 2.95 bits per heavy atom. The van der Waals surface area contributed by atoms with Gasteiger partial charge in [0.05, 0.1) is 6.54 Å². The second kappa shape index (κ2) is 5.42. The second-order valence-corrected chi connectivity index (χ2v) is 6.20. The van der Waals surface area contributed by atoms with Crippen LogP contribution in [0.3, 0.4) is 0 Å². The van der Waals surface area contributed by atoms with Gasteiger partial charge in [-0.2, -0.15) is 0 Å². The minimum atomic E-state index is 0.596. The first-order valence-corrected chi connectivity index (χ1v) is 7.92. The van der Waals surface area contributed by atoms with Crippen molar-refractivity contribution in [1.29, 1.82) is 0 Å². The Hall–Kier alpha value is -1.98. The highest BCUT2D eigenvalue weighted by Gasteiger charge is 2.19. The van der Waals surface area contributed by atoms with Crippen LogP contribution >= 0.6 is 11.3 Å². The summed E-state index contributed by atoms with van der Waals surface area (Å²) in [6.07, 6.45) is 1.12. The van der Waals surface area contributed by atoms with Gasteiger partial charge in [-0.3, -0.25) is 4.90 Å². The zero-order valence-corrected chi connectivity index (χ0v) is 12.3. The van der Waals surface area contributed by atoms with Crippen LogP contribution in [0.2, 0.25) is 0 Å². The Labute approximate surface area is 127 Å². The molecule has 1 aliphatic rings. The van der Waals surface area contributed by atoms with Gasteiger partial charge in [-0.05, 0) is 35.6 Å². The first-order chi connectivity index (χ1) is 10.4. The van der Waals surface area contributed by atoms with E-state index < -0.39 is 0 Å². The molecule has 0 radical (unpaired) electrons. The summed E-state index contributed by atoms with van der Waals surface area (Å²) in [6, 6.07) is 12.1. The molecule has 0 fully saturated rings. The van der Waals surface area contributed by atoms with Gasteiger partial charge in [0.1, 0.15) is 0 Å². The van der Waals surface area contributed by atoms with E-state index in [9.17, 15) is 0 Å². The Kier molecular flexibility index (Phi) is 3.29. The van der Waals surface area contributed by atoms with Crippen molar-refractivity contribution in [2.75, 3.05) is 6.54 Å². The summed E-state index contributed by atoms with van der Waals surface area (Å²) in [5.41, 5.74) is 2.41. The van der Waals surface area contributed by atoms with Gasteiger partial charge in [-0.25, -0.2) is 0 Å². The van der Waals surface area contributed by atoms with Gasteiger partial charge in [0, 0.05) is 23.5 Å². The predicted molar refractivity (Wildman–Crippen MR) is 81.9 cm³/mol. The molecule has 1 aliphatic heterocycles. The highest BCUT2D eigenvalue weighted by atomic mass is 32.1. The van der Waals surface area contributed by atoms with Crippen molar-refractivity contribution in [2.24, 2.45) is 0 Å². The third-order valence-electron chi connectivity index (χ3n) is 3.73. The van der Waals surface area contributed by atoms with Crippen molar-refractivity contribution in [1.82, 2.24) is 15.1 Å². The second-order valence-electron chi connectivity index (χ2n) is 5.20. The third-order valence-corrected chi connectivity index (χ3v) is 4.76. The van der Waals surface area contributed by atoms with E-state index in [2.05, 4.69) is 26.5 Å². The van der Waals surface area contributed by atoms with Crippen LogP contribution in [0, 0.1) is 0 Å². The van der Waals surface area contributed by atoms with Crippen molar-refractivity contribution in [2.45, 2.75) is 19.5 Å². The highest BCUT2D eigenvalue weighted by Crippen LogP contribution is 2.25. The van der Waals surface area contributed by atoms with E-state index in [0.29, 0.717) is 11.8 Å². The number of rotatable bonds is 3. The zero-order chi connectivity index (χ0) is 14.1. The largest absolute Gasteiger partial charge is 0.419 e. The standard InChI is InChI=1S/C16H15N3OS/c1-2-4-12(5-3-1)16-18-17-15(20-16)11-19-8-6-14-13(10-19)7-9-21-14/h1-5,7,9H,6,8,10-11H2. The maximum atomic E-state index is 5.78. The minimum absolute atomic E-state index is 0.596. The fraction of sp³-hybridized carbons (Fsp3) is 0.250. The van der Waals surface area contributed by atoms with E-state index in [-0.39, 0.29) is 0 Å². The van der Waals surface area contributed by atoms with Gasteiger partial charge in [0.15, 0.2) is 0 Å². The van der Waals surface area contributed by atoms with Crippen LogP contribution in [-0.4, -0.2) is 21.6 Å². The Morgan fingerprint density at radius 1 is 1.14 bits per heavy atom. The molecule has 4 nitrogen and oxygen atoms in total. The zero-order valence-electron chi connectivity index (χ0n) is 11.5. The molecule has 0 spiro atoms. The number of benzene rings is 1. The number of thiophene rings is 1. The van der Waals surface area contributed by atoms with Crippen LogP contribution < -0.4 is 0 Å². The third kappa shape index (κ3) is 2.62. The summed E-state index contributed by atoms with van der Waals surface area (Å²) < 4.78 is 5.78. The quantitative estimate of drug-likeness (QED) is 0.743. The number of fused-ring (bicyclic) bond motifs is 1. The molecule has 4 rings (SSSR count). The van der Waals surface area contributed by atoms with Crippen LogP contribution in [0.4, 0.5) is 0 Å². The molecule has 0 saturated carbocycles. The van der Waals surface area contributed by atoms with Crippen molar-refractivity contribution >= 4 is 11.3 Å². The van der Waals surface area contributed by atoms with E-state index in [1.54, 1.807) is 0 Å². The lowest BCUT2D eigenvalue weighted by atomic mass is 10.1. The molecule has 0 bridgehead atoms. The number of hydrogen-bond donors (Lipinski definition) is 0. The molecular weight excluding hydrogens is 282 g/mol. The highest BCUT2D eigenvalue weighted by molar-refractivity contribution is 7.10. The fourth-order valence-electron chi connectivity index (χ4n) is 2.65. The van der Waals surface area contributed by atoms with Crippen molar-refractivity contribution in [3.63, 3.8) is 0 Å². The molecule has 0 amide bonds. The predicted octanol–water partition coefficient (Wildman–Crippen LogP) is 3.36. The topological polar surface area (TPSA) is 42.2 Å². The fourth-order valence-corrected chi connectivity index (χ4v) is 3.54. The Balaban J connectivity index is 1.48. The van der Waals surface area contributed by atoms with Gasteiger partial charge in [-0.1, -0.05) is 18.2 Å². The first-order valence-electron chi connectivity index (χ1n) is 7.04. The van der Waals surface area contributed by atoms with Gasteiger partial charge >= 0.3 is 0 Å². The van der Waals surface area contributed by atoms with Crippen LogP contribution in [-0.2, 0) is 19.5 Å².